The fourth-order valence-corrected chi connectivity index (χ4v) is 1.06. The van der Waals surface area contributed by atoms with E-state index in [0.717, 1.165) is 8.58 Å². The monoisotopic (exact) mass is 191 g/mol. The van der Waals surface area contributed by atoms with Gasteiger partial charge in [-0.2, -0.15) is 0 Å². The molecule has 0 nitrogen and oxygen atoms in total. The van der Waals surface area contributed by atoms with Crippen LogP contribution in [0.4, 0.5) is 17.3 Å². The molecule has 0 aliphatic heterocycles. The van der Waals surface area contributed by atoms with Crippen molar-refractivity contribution in [1.82, 2.24) is 0 Å². The van der Waals surface area contributed by atoms with Crippen molar-refractivity contribution >= 4 is 15.8 Å². The lowest BCUT2D eigenvalue weighted by molar-refractivity contribution is 0.368. The van der Waals surface area contributed by atoms with Gasteiger partial charge in [-0.15, -0.1) is 8.58 Å². The minimum atomic E-state index is -6.00. The summed E-state index contributed by atoms with van der Waals surface area (Å²) < 4.78 is 39.0. The molecule has 0 radical (unpaired) electrons. The summed E-state index contributed by atoms with van der Waals surface area (Å²) in [6, 6.07) is 0. The Kier molecular flexibility index (Phi) is 10.4. The van der Waals surface area contributed by atoms with E-state index in [2.05, 4.69) is 13.6 Å². The number of halogens is 4. The summed E-state index contributed by atoms with van der Waals surface area (Å²) in [5, 5.41) is 0. The summed E-state index contributed by atoms with van der Waals surface area (Å²) in [5.41, 5.74) is 0. The molecule has 0 fully saturated rings. The van der Waals surface area contributed by atoms with Crippen molar-refractivity contribution < 1.29 is 17.3 Å². The summed E-state index contributed by atoms with van der Waals surface area (Å²) >= 11 is 0. The van der Waals surface area contributed by atoms with Gasteiger partial charge in [0.2, 0.25) is 0 Å². The molecular weight excluding hydrogens is 178 g/mol. The zero-order valence-electron chi connectivity index (χ0n) is 6.71. The number of hydrogen-bond acceptors (Lipinski definition) is 0. The van der Waals surface area contributed by atoms with Crippen molar-refractivity contribution in [3.63, 3.8) is 0 Å². The maximum absolute atomic E-state index is 9.75. The first-order valence-corrected chi connectivity index (χ1v) is 5.14. The van der Waals surface area contributed by atoms with E-state index in [1.54, 1.807) is 0 Å². The molecule has 70 valence electrons. The largest absolute Gasteiger partial charge is 0.673 e. The Balaban J connectivity index is 0. The standard InChI is InChI=1S/C5H13P.BF4/c1-3-4-5-6-2;2-1(3,4)5/h6H,3-5H2,1-2H3;/q;-1. The van der Waals surface area contributed by atoms with Gasteiger partial charge < -0.3 is 17.3 Å². The van der Waals surface area contributed by atoms with Crippen molar-refractivity contribution in [2.75, 3.05) is 12.8 Å². The van der Waals surface area contributed by atoms with Crippen LogP contribution in [0.3, 0.4) is 0 Å². The Hall–Kier alpha value is 0.215. The number of unbranched alkanes of at least 4 members (excludes halogenated alkanes) is 1. The molecule has 0 aliphatic carbocycles. The SMILES string of the molecule is CCCCPC.F[B-](F)(F)F. The minimum Gasteiger partial charge on any atom is -0.418 e. The second kappa shape index (κ2) is 8.31. The molecule has 0 bridgehead atoms. The Labute approximate surface area is 66.6 Å². The van der Waals surface area contributed by atoms with E-state index in [1.165, 1.54) is 19.0 Å². The van der Waals surface area contributed by atoms with E-state index >= 15 is 0 Å². The molecule has 0 amide bonds. The van der Waals surface area contributed by atoms with Crippen LogP contribution >= 0.6 is 8.58 Å². The quantitative estimate of drug-likeness (QED) is 0.277. The Morgan fingerprint density at radius 2 is 1.55 bits per heavy atom. The minimum absolute atomic E-state index is 1.16. The maximum Gasteiger partial charge on any atom is 0.673 e. The van der Waals surface area contributed by atoms with Gasteiger partial charge in [-0.25, -0.2) is 0 Å². The second-order valence-corrected chi connectivity index (χ2v) is 3.16. The predicted octanol–water partition coefficient (Wildman–Crippen LogP) is 3.39. The zero-order chi connectivity index (χ0) is 9.33. The van der Waals surface area contributed by atoms with Gasteiger partial charge in [-0.05, 0) is 19.2 Å². The van der Waals surface area contributed by atoms with Gasteiger partial charge in [0.15, 0.2) is 0 Å². The summed E-state index contributed by atoms with van der Waals surface area (Å²) in [5.74, 6) is 0. The lowest BCUT2D eigenvalue weighted by Gasteiger charge is -1.94. The van der Waals surface area contributed by atoms with Crippen molar-refractivity contribution in [2.45, 2.75) is 19.8 Å². The van der Waals surface area contributed by atoms with Crippen LogP contribution < -0.4 is 0 Å². The molecular formula is C5H13BF4P-. The van der Waals surface area contributed by atoms with Gasteiger partial charge >= 0.3 is 7.25 Å². The third-order valence-corrected chi connectivity index (χ3v) is 1.63. The normalized spacial score (nSPS) is 11.5. The zero-order valence-corrected chi connectivity index (χ0v) is 7.71. The van der Waals surface area contributed by atoms with E-state index in [-0.39, 0.29) is 0 Å². The van der Waals surface area contributed by atoms with Crippen molar-refractivity contribution in [3.05, 3.63) is 0 Å². The van der Waals surface area contributed by atoms with Gasteiger partial charge in [-0.1, -0.05) is 13.3 Å². The van der Waals surface area contributed by atoms with Crippen molar-refractivity contribution in [1.29, 1.82) is 0 Å². The molecule has 6 heteroatoms. The average molecular weight is 191 g/mol. The molecule has 0 saturated heterocycles. The van der Waals surface area contributed by atoms with E-state index < -0.39 is 7.25 Å². The van der Waals surface area contributed by atoms with Crippen molar-refractivity contribution in [3.8, 4) is 0 Å². The van der Waals surface area contributed by atoms with Gasteiger partial charge in [0, 0.05) is 0 Å². The van der Waals surface area contributed by atoms with E-state index in [9.17, 15) is 17.3 Å². The van der Waals surface area contributed by atoms with Gasteiger partial charge in [0.1, 0.15) is 0 Å². The van der Waals surface area contributed by atoms with Crippen LogP contribution in [0.25, 0.3) is 0 Å². The molecule has 0 spiro atoms. The lowest BCUT2D eigenvalue weighted by Crippen LogP contribution is -2.02. The summed E-state index contributed by atoms with van der Waals surface area (Å²) in [4.78, 5) is 0. The number of hydrogen-bond donors (Lipinski definition) is 0. The highest BCUT2D eigenvalue weighted by Crippen LogP contribution is 2.06. The summed E-state index contributed by atoms with van der Waals surface area (Å²) in [6.07, 6.45) is 4.23. The molecule has 0 rings (SSSR count). The Morgan fingerprint density at radius 1 is 1.18 bits per heavy atom. The smallest absolute Gasteiger partial charge is 0.418 e. The van der Waals surface area contributed by atoms with Crippen LogP contribution in [0.15, 0.2) is 0 Å². The molecule has 1 unspecified atom stereocenters. The molecule has 0 aromatic rings. The van der Waals surface area contributed by atoms with Gasteiger partial charge in [0.05, 0.1) is 0 Å². The topological polar surface area (TPSA) is 0 Å². The van der Waals surface area contributed by atoms with Crippen LogP contribution in [-0.4, -0.2) is 20.1 Å². The first-order chi connectivity index (χ1) is 4.91. The summed E-state index contributed by atoms with van der Waals surface area (Å²) in [7, 11) is -4.84. The highest BCUT2D eigenvalue weighted by molar-refractivity contribution is 7.36. The highest BCUT2D eigenvalue weighted by Gasteiger charge is 2.20. The van der Waals surface area contributed by atoms with Crippen LogP contribution in [0.5, 0.6) is 0 Å². The first-order valence-electron chi connectivity index (χ1n) is 3.43. The molecule has 0 aromatic heterocycles. The third kappa shape index (κ3) is 66.7. The molecule has 0 aliphatic rings. The van der Waals surface area contributed by atoms with Crippen LogP contribution in [0, 0.1) is 0 Å². The lowest BCUT2D eigenvalue weighted by atomic mass is 10.3. The molecule has 0 N–H and O–H groups in total. The molecule has 0 saturated carbocycles. The fraction of sp³-hybridized carbons (Fsp3) is 1.00. The van der Waals surface area contributed by atoms with E-state index in [1.807, 2.05) is 0 Å². The predicted molar refractivity (Wildman–Crippen MR) is 44.2 cm³/mol. The second-order valence-electron chi connectivity index (χ2n) is 1.95. The molecule has 0 heterocycles. The van der Waals surface area contributed by atoms with Crippen LogP contribution in [0.1, 0.15) is 19.8 Å². The molecule has 0 aromatic carbocycles. The molecule has 11 heavy (non-hydrogen) atoms. The average Bonchev–Trinajstić information content (AvgIpc) is 1.79. The van der Waals surface area contributed by atoms with E-state index in [0.29, 0.717) is 0 Å². The van der Waals surface area contributed by atoms with Gasteiger partial charge in [-0.3, -0.25) is 0 Å². The van der Waals surface area contributed by atoms with Crippen LogP contribution in [-0.2, 0) is 0 Å². The molecule has 1 atom stereocenters. The maximum atomic E-state index is 9.75. The van der Waals surface area contributed by atoms with Crippen molar-refractivity contribution in [2.24, 2.45) is 0 Å². The summed E-state index contributed by atoms with van der Waals surface area (Å²) in [6.45, 7) is 4.50. The fourth-order valence-electron chi connectivity index (χ4n) is 0.354. The highest BCUT2D eigenvalue weighted by atomic mass is 31.1. The van der Waals surface area contributed by atoms with E-state index in [4.69, 9.17) is 0 Å². The van der Waals surface area contributed by atoms with Crippen LogP contribution in [0.2, 0.25) is 0 Å². The Bertz CT molecular complexity index is 65.4. The number of rotatable bonds is 3. The first kappa shape index (κ1) is 13.8. The third-order valence-electron chi connectivity index (χ3n) is 0.780. The Morgan fingerprint density at radius 3 is 1.64 bits per heavy atom. The van der Waals surface area contributed by atoms with Gasteiger partial charge in [0.25, 0.3) is 0 Å².